The van der Waals surface area contributed by atoms with E-state index in [0.29, 0.717) is 13.2 Å². The second kappa shape index (κ2) is 12.8. The van der Waals surface area contributed by atoms with Gasteiger partial charge in [0, 0.05) is 45.8 Å². The highest BCUT2D eigenvalue weighted by atomic mass is 19.1. The quantitative estimate of drug-likeness (QED) is 0.330. The molecule has 0 spiro atoms. The third-order valence-corrected chi connectivity index (χ3v) is 4.20. The summed E-state index contributed by atoms with van der Waals surface area (Å²) in [5, 5.41) is 14.8. The summed E-state index contributed by atoms with van der Waals surface area (Å²) in [6.07, 6.45) is 4.28. The van der Waals surface area contributed by atoms with Crippen molar-refractivity contribution in [3.8, 4) is 0 Å². The number of aryl methyl sites for hydroxylation is 1. The lowest BCUT2D eigenvalue weighted by Crippen LogP contribution is -2.40. The van der Waals surface area contributed by atoms with E-state index in [-0.39, 0.29) is 5.82 Å². The number of aromatic nitrogens is 3. The van der Waals surface area contributed by atoms with Crippen molar-refractivity contribution in [3.63, 3.8) is 0 Å². The maximum atomic E-state index is 13.0. The first-order chi connectivity index (χ1) is 13.7. The fraction of sp³-hybridized carbons (Fsp3) is 0.550. The molecule has 2 rings (SSSR count). The number of nitrogens with one attached hydrogen (secondary N) is 2. The summed E-state index contributed by atoms with van der Waals surface area (Å²) in [5.41, 5.74) is 1.08. The highest BCUT2D eigenvalue weighted by molar-refractivity contribution is 5.79. The number of halogens is 1. The molecule has 7 nitrogen and oxygen atoms in total. The molecule has 154 valence electrons. The van der Waals surface area contributed by atoms with Crippen LogP contribution in [0.1, 0.15) is 31.7 Å². The minimum Gasteiger partial charge on any atom is -0.382 e. The Labute approximate surface area is 166 Å². The molecule has 1 heterocycles. The first kappa shape index (κ1) is 21.8. The topological polar surface area (TPSA) is 76.4 Å². The summed E-state index contributed by atoms with van der Waals surface area (Å²) in [4.78, 5) is 4.62. The zero-order valence-corrected chi connectivity index (χ0v) is 16.8. The molecule has 0 saturated carbocycles. The first-order valence-electron chi connectivity index (χ1n) is 9.94. The van der Waals surface area contributed by atoms with Gasteiger partial charge in [-0.2, -0.15) is 0 Å². The highest BCUT2D eigenvalue weighted by Gasteiger charge is 2.03. The molecule has 1 aromatic heterocycles. The molecule has 0 aliphatic heterocycles. The normalized spacial score (nSPS) is 11.6. The number of nitrogens with zero attached hydrogens (tertiary/aromatic N) is 4. The minimum absolute atomic E-state index is 0.213. The number of guanidine groups is 1. The second-order valence-corrected chi connectivity index (χ2v) is 6.30. The molecular weight excluding hydrogens is 359 g/mol. The van der Waals surface area contributed by atoms with Crippen LogP contribution in [0.15, 0.2) is 35.6 Å². The van der Waals surface area contributed by atoms with Crippen LogP contribution in [0.5, 0.6) is 0 Å². The Kier molecular flexibility index (Phi) is 9.99. The van der Waals surface area contributed by atoms with E-state index >= 15 is 0 Å². The fourth-order valence-corrected chi connectivity index (χ4v) is 2.69. The van der Waals surface area contributed by atoms with Crippen LogP contribution in [-0.4, -0.2) is 53.6 Å². The van der Waals surface area contributed by atoms with Crippen molar-refractivity contribution >= 4 is 5.96 Å². The molecule has 0 radical (unpaired) electrons. The van der Waals surface area contributed by atoms with Crippen LogP contribution < -0.4 is 10.6 Å². The molecule has 0 unspecified atom stereocenters. The largest absolute Gasteiger partial charge is 0.382 e. The maximum Gasteiger partial charge on any atom is 0.191 e. The molecule has 2 N–H and O–H groups in total. The van der Waals surface area contributed by atoms with Gasteiger partial charge in [-0.05, 0) is 37.5 Å². The Bertz CT molecular complexity index is 701. The van der Waals surface area contributed by atoms with E-state index in [4.69, 9.17) is 4.74 Å². The van der Waals surface area contributed by atoms with Gasteiger partial charge >= 0.3 is 0 Å². The van der Waals surface area contributed by atoms with Gasteiger partial charge in [0.05, 0.1) is 0 Å². The van der Waals surface area contributed by atoms with Crippen LogP contribution in [0, 0.1) is 5.82 Å². The van der Waals surface area contributed by atoms with Crippen molar-refractivity contribution in [1.29, 1.82) is 0 Å². The van der Waals surface area contributed by atoms with Gasteiger partial charge in [0.1, 0.15) is 18.0 Å². The van der Waals surface area contributed by atoms with Gasteiger partial charge in [-0.15, -0.1) is 10.2 Å². The summed E-state index contributed by atoms with van der Waals surface area (Å²) in [5.74, 6) is 1.53. The predicted molar refractivity (Wildman–Crippen MR) is 109 cm³/mol. The van der Waals surface area contributed by atoms with Crippen molar-refractivity contribution in [2.75, 3.05) is 32.8 Å². The lowest BCUT2D eigenvalue weighted by atomic mass is 10.1. The Morgan fingerprint density at radius 2 is 1.96 bits per heavy atom. The summed E-state index contributed by atoms with van der Waals surface area (Å²) in [6.45, 7) is 8.40. The van der Waals surface area contributed by atoms with E-state index in [9.17, 15) is 4.39 Å². The van der Waals surface area contributed by atoms with Gasteiger partial charge in [0.2, 0.25) is 0 Å². The van der Waals surface area contributed by atoms with E-state index in [1.165, 1.54) is 12.1 Å². The van der Waals surface area contributed by atoms with Crippen molar-refractivity contribution in [2.45, 2.75) is 39.7 Å². The van der Waals surface area contributed by atoms with Crippen LogP contribution in [0.2, 0.25) is 0 Å². The van der Waals surface area contributed by atoms with Gasteiger partial charge < -0.3 is 19.9 Å². The van der Waals surface area contributed by atoms with Crippen molar-refractivity contribution < 1.29 is 9.13 Å². The van der Waals surface area contributed by atoms with E-state index in [1.807, 2.05) is 23.6 Å². The molecule has 0 bridgehead atoms. The molecule has 0 aliphatic rings. The van der Waals surface area contributed by atoms with Gasteiger partial charge in [0.25, 0.3) is 0 Å². The molecule has 8 heteroatoms. The fourth-order valence-electron chi connectivity index (χ4n) is 2.69. The van der Waals surface area contributed by atoms with E-state index in [0.717, 1.165) is 62.9 Å². The highest BCUT2D eigenvalue weighted by Crippen LogP contribution is 2.02. The molecular formula is C20H31FN6O. The molecule has 0 atom stereocenters. The van der Waals surface area contributed by atoms with Gasteiger partial charge in [-0.3, -0.25) is 4.99 Å². The number of hydrogen-bond acceptors (Lipinski definition) is 4. The van der Waals surface area contributed by atoms with Crippen molar-refractivity contribution in [2.24, 2.45) is 4.99 Å². The molecule has 0 fully saturated rings. The van der Waals surface area contributed by atoms with Crippen LogP contribution in [0.25, 0.3) is 0 Å². The van der Waals surface area contributed by atoms with Crippen molar-refractivity contribution in [1.82, 2.24) is 25.4 Å². The minimum atomic E-state index is -0.213. The van der Waals surface area contributed by atoms with Crippen LogP contribution >= 0.6 is 0 Å². The number of ether oxygens (including phenoxy) is 1. The second-order valence-electron chi connectivity index (χ2n) is 6.30. The SMILES string of the molecule is CCOCCCN=C(NCCc1ccc(F)cc1)NCCn1cnnc1CC. The lowest BCUT2D eigenvalue weighted by molar-refractivity contribution is 0.146. The number of rotatable bonds is 12. The zero-order chi connectivity index (χ0) is 20.0. The van der Waals surface area contributed by atoms with Gasteiger partial charge in [-0.25, -0.2) is 4.39 Å². The van der Waals surface area contributed by atoms with Crippen LogP contribution in [0.4, 0.5) is 4.39 Å². The summed E-state index contributed by atoms with van der Waals surface area (Å²) in [7, 11) is 0. The standard InChI is InChI=1S/C20H31FN6O/c1-3-19-26-25-16-27(19)14-13-24-20(22-11-5-15-28-4-2)23-12-10-17-6-8-18(21)9-7-17/h6-9,16H,3-5,10-15H2,1-2H3,(H2,22,23,24). The molecule has 1 aromatic carbocycles. The molecule has 0 saturated heterocycles. The summed E-state index contributed by atoms with van der Waals surface area (Å²) < 4.78 is 20.4. The molecule has 28 heavy (non-hydrogen) atoms. The Hall–Kier alpha value is -2.48. The average molecular weight is 391 g/mol. The number of benzene rings is 1. The van der Waals surface area contributed by atoms with E-state index < -0.39 is 0 Å². The summed E-state index contributed by atoms with van der Waals surface area (Å²) in [6, 6.07) is 6.59. The monoisotopic (exact) mass is 390 g/mol. The Balaban J connectivity index is 1.81. The van der Waals surface area contributed by atoms with Gasteiger partial charge in [-0.1, -0.05) is 19.1 Å². The molecule has 2 aromatic rings. The van der Waals surface area contributed by atoms with Gasteiger partial charge in [0.15, 0.2) is 5.96 Å². The Morgan fingerprint density at radius 3 is 2.71 bits per heavy atom. The van der Waals surface area contributed by atoms with Crippen LogP contribution in [0.3, 0.4) is 0 Å². The molecule has 0 amide bonds. The van der Waals surface area contributed by atoms with Crippen LogP contribution in [-0.2, 0) is 24.1 Å². The summed E-state index contributed by atoms with van der Waals surface area (Å²) >= 11 is 0. The van der Waals surface area contributed by atoms with E-state index in [1.54, 1.807) is 6.33 Å². The average Bonchev–Trinajstić information content (AvgIpc) is 3.16. The number of aliphatic imine (C=N–C) groups is 1. The third kappa shape index (κ3) is 8.04. The number of hydrogen-bond donors (Lipinski definition) is 2. The smallest absolute Gasteiger partial charge is 0.191 e. The maximum absolute atomic E-state index is 13.0. The molecule has 0 aliphatic carbocycles. The third-order valence-electron chi connectivity index (χ3n) is 4.20. The first-order valence-corrected chi connectivity index (χ1v) is 9.94. The lowest BCUT2D eigenvalue weighted by Gasteiger charge is -2.13. The van der Waals surface area contributed by atoms with Crippen molar-refractivity contribution in [3.05, 3.63) is 47.8 Å². The Morgan fingerprint density at radius 1 is 1.18 bits per heavy atom. The zero-order valence-electron chi connectivity index (χ0n) is 16.8. The predicted octanol–water partition coefficient (Wildman–Crippen LogP) is 2.18. The van der Waals surface area contributed by atoms with E-state index in [2.05, 4.69) is 32.7 Å².